The normalized spacial score (nSPS) is 23.7. The van der Waals surface area contributed by atoms with Gasteiger partial charge in [0.1, 0.15) is 5.60 Å². The Morgan fingerprint density at radius 1 is 1.11 bits per heavy atom. The van der Waals surface area contributed by atoms with Crippen LogP contribution in [0.5, 0.6) is 0 Å². The Balaban J connectivity index is 1.65. The van der Waals surface area contributed by atoms with Gasteiger partial charge in [0.15, 0.2) is 0 Å². The molecule has 0 spiro atoms. The van der Waals surface area contributed by atoms with Crippen LogP contribution in [0.15, 0.2) is 24.3 Å². The lowest BCUT2D eigenvalue weighted by atomic mass is 9.86. The number of amides is 3. The maximum absolute atomic E-state index is 12.3. The highest BCUT2D eigenvalue weighted by atomic mass is 16.6. The molecule has 3 amide bonds. The first kappa shape index (κ1) is 19.4. The van der Waals surface area contributed by atoms with Crippen LogP contribution in [-0.2, 0) is 14.3 Å². The molecule has 0 aromatic heterocycles. The lowest BCUT2D eigenvalue weighted by Gasteiger charge is -2.34. The van der Waals surface area contributed by atoms with Gasteiger partial charge in [0.05, 0.1) is 5.92 Å². The van der Waals surface area contributed by atoms with Crippen LogP contribution in [0.2, 0.25) is 0 Å². The second kappa shape index (κ2) is 7.71. The van der Waals surface area contributed by atoms with Crippen LogP contribution in [0.3, 0.4) is 0 Å². The van der Waals surface area contributed by atoms with Crippen LogP contribution >= 0.6 is 0 Å². The number of benzene rings is 1. The minimum absolute atomic E-state index is 0.197. The predicted molar refractivity (Wildman–Crippen MR) is 101 cm³/mol. The number of nitrogens with zero attached hydrogens (tertiary/aromatic N) is 1. The highest BCUT2D eigenvalue weighted by molar-refractivity contribution is 6.00. The second-order valence-electron chi connectivity index (χ2n) is 8.44. The summed E-state index contributed by atoms with van der Waals surface area (Å²) in [6.07, 6.45) is 2.65. The molecule has 0 bridgehead atoms. The summed E-state index contributed by atoms with van der Waals surface area (Å²) in [5, 5.41) is 2.41. The highest BCUT2D eigenvalue weighted by Gasteiger charge is 2.30. The van der Waals surface area contributed by atoms with E-state index < -0.39 is 5.60 Å². The van der Waals surface area contributed by atoms with Gasteiger partial charge in [0, 0.05) is 25.4 Å². The van der Waals surface area contributed by atoms with Crippen molar-refractivity contribution in [2.24, 2.45) is 0 Å². The molecule has 1 aromatic rings. The monoisotopic (exact) mass is 372 g/mol. The summed E-state index contributed by atoms with van der Waals surface area (Å²) in [5.74, 6) is -0.409. The van der Waals surface area contributed by atoms with Crippen molar-refractivity contribution in [3.8, 4) is 0 Å². The molecule has 0 radical (unpaired) electrons. The van der Waals surface area contributed by atoms with Crippen molar-refractivity contribution < 1.29 is 19.1 Å². The zero-order valence-electron chi connectivity index (χ0n) is 16.3. The van der Waals surface area contributed by atoms with Gasteiger partial charge in [0.2, 0.25) is 11.8 Å². The average Bonchev–Trinajstić information content (AvgIpc) is 2.61. The van der Waals surface area contributed by atoms with Crippen LogP contribution < -0.4 is 5.32 Å². The Labute approximate surface area is 160 Å². The summed E-state index contributed by atoms with van der Waals surface area (Å²) in [7, 11) is 0. The molecular formula is C21H28N2O4. The number of rotatable bonds is 2. The number of likely N-dealkylation sites (tertiary alicyclic amines) is 1. The van der Waals surface area contributed by atoms with Gasteiger partial charge >= 0.3 is 6.09 Å². The van der Waals surface area contributed by atoms with Crippen molar-refractivity contribution in [1.82, 2.24) is 10.2 Å². The van der Waals surface area contributed by atoms with Crippen molar-refractivity contribution in [2.45, 2.75) is 63.9 Å². The molecular weight excluding hydrogens is 344 g/mol. The Hall–Kier alpha value is -2.37. The van der Waals surface area contributed by atoms with Crippen molar-refractivity contribution >= 4 is 17.9 Å². The molecule has 2 aliphatic heterocycles. The minimum Gasteiger partial charge on any atom is -0.444 e. The molecule has 2 heterocycles. The third kappa shape index (κ3) is 4.87. The summed E-state index contributed by atoms with van der Waals surface area (Å²) in [5.41, 5.74) is 1.61. The predicted octanol–water partition coefficient (Wildman–Crippen LogP) is 3.32. The van der Waals surface area contributed by atoms with E-state index in [1.807, 2.05) is 45.0 Å². The van der Waals surface area contributed by atoms with Gasteiger partial charge in [0.25, 0.3) is 0 Å². The SMILES string of the molecule is CC(C)(C)OC(=O)N1CCCC(c2ccc(C3CCC(=O)NC3=O)cc2)C1. The minimum atomic E-state index is -0.492. The van der Waals surface area contributed by atoms with Crippen molar-refractivity contribution in [3.05, 3.63) is 35.4 Å². The van der Waals surface area contributed by atoms with E-state index in [-0.39, 0.29) is 29.7 Å². The molecule has 0 saturated carbocycles. The van der Waals surface area contributed by atoms with E-state index in [1.54, 1.807) is 4.90 Å². The third-order valence-corrected chi connectivity index (χ3v) is 5.12. The lowest BCUT2D eigenvalue weighted by Crippen LogP contribution is -2.42. The van der Waals surface area contributed by atoms with E-state index in [9.17, 15) is 14.4 Å². The molecule has 3 rings (SSSR count). The fourth-order valence-corrected chi connectivity index (χ4v) is 3.75. The van der Waals surface area contributed by atoms with E-state index in [1.165, 1.54) is 5.56 Å². The molecule has 6 nitrogen and oxygen atoms in total. The smallest absolute Gasteiger partial charge is 0.410 e. The zero-order chi connectivity index (χ0) is 19.6. The quantitative estimate of drug-likeness (QED) is 0.808. The topological polar surface area (TPSA) is 75.7 Å². The molecule has 27 heavy (non-hydrogen) atoms. The van der Waals surface area contributed by atoms with Gasteiger partial charge in [-0.15, -0.1) is 0 Å². The van der Waals surface area contributed by atoms with E-state index in [2.05, 4.69) is 5.32 Å². The summed E-state index contributed by atoms with van der Waals surface area (Å²) < 4.78 is 5.50. The highest BCUT2D eigenvalue weighted by Crippen LogP contribution is 2.30. The first-order chi connectivity index (χ1) is 12.7. The molecule has 2 aliphatic rings. The first-order valence-corrected chi connectivity index (χ1v) is 9.64. The van der Waals surface area contributed by atoms with Crippen molar-refractivity contribution in [3.63, 3.8) is 0 Å². The van der Waals surface area contributed by atoms with E-state index in [0.717, 1.165) is 24.9 Å². The summed E-state index contributed by atoms with van der Waals surface area (Å²) in [6.45, 7) is 6.99. The van der Waals surface area contributed by atoms with E-state index >= 15 is 0 Å². The number of carbonyl (C=O) groups is 3. The maximum Gasteiger partial charge on any atom is 0.410 e. The number of piperidine rings is 2. The van der Waals surface area contributed by atoms with Gasteiger partial charge in [-0.1, -0.05) is 24.3 Å². The third-order valence-electron chi connectivity index (χ3n) is 5.12. The largest absolute Gasteiger partial charge is 0.444 e. The van der Waals surface area contributed by atoms with Gasteiger partial charge in [-0.3, -0.25) is 14.9 Å². The maximum atomic E-state index is 12.3. The Morgan fingerprint density at radius 2 is 1.78 bits per heavy atom. The molecule has 2 saturated heterocycles. The van der Waals surface area contributed by atoms with E-state index in [4.69, 9.17) is 4.74 Å². The van der Waals surface area contributed by atoms with Crippen LogP contribution in [0, 0.1) is 0 Å². The fraction of sp³-hybridized carbons (Fsp3) is 0.571. The van der Waals surface area contributed by atoms with Gasteiger partial charge < -0.3 is 9.64 Å². The first-order valence-electron chi connectivity index (χ1n) is 9.64. The molecule has 2 atom stereocenters. The average molecular weight is 372 g/mol. The summed E-state index contributed by atoms with van der Waals surface area (Å²) in [6, 6.07) is 8.04. The number of nitrogens with one attached hydrogen (secondary N) is 1. The fourth-order valence-electron chi connectivity index (χ4n) is 3.75. The number of ether oxygens (including phenoxy) is 1. The van der Waals surface area contributed by atoms with Crippen LogP contribution in [0.4, 0.5) is 4.79 Å². The number of hydrogen-bond donors (Lipinski definition) is 1. The summed E-state index contributed by atoms with van der Waals surface area (Å²) in [4.78, 5) is 37.5. The summed E-state index contributed by atoms with van der Waals surface area (Å²) >= 11 is 0. The molecule has 2 fully saturated rings. The molecule has 0 aliphatic carbocycles. The van der Waals surface area contributed by atoms with Crippen LogP contribution in [-0.4, -0.2) is 41.5 Å². The van der Waals surface area contributed by atoms with Crippen LogP contribution in [0.1, 0.15) is 69.4 Å². The number of imide groups is 1. The van der Waals surface area contributed by atoms with Gasteiger partial charge in [-0.05, 0) is 51.2 Å². The Kier molecular flexibility index (Phi) is 5.53. The second-order valence-corrected chi connectivity index (χ2v) is 8.44. The van der Waals surface area contributed by atoms with Crippen LogP contribution in [0.25, 0.3) is 0 Å². The standard InChI is InChI=1S/C21H28N2O4/c1-21(2,3)27-20(26)23-12-4-5-16(13-23)14-6-8-15(9-7-14)17-10-11-18(24)22-19(17)25/h6-9,16-17H,4-5,10-13H2,1-3H3,(H,22,24,25). The number of carbonyl (C=O) groups excluding carboxylic acids is 3. The molecule has 1 aromatic carbocycles. The van der Waals surface area contributed by atoms with Gasteiger partial charge in [-0.2, -0.15) is 0 Å². The molecule has 2 unspecified atom stereocenters. The van der Waals surface area contributed by atoms with Gasteiger partial charge in [-0.25, -0.2) is 4.79 Å². The Morgan fingerprint density at radius 3 is 2.41 bits per heavy atom. The molecule has 1 N–H and O–H groups in total. The van der Waals surface area contributed by atoms with Crippen molar-refractivity contribution in [1.29, 1.82) is 0 Å². The lowest BCUT2D eigenvalue weighted by molar-refractivity contribution is -0.134. The van der Waals surface area contributed by atoms with Crippen molar-refractivity contribution in [2.75, 3.05) is 13.1 Å². The molecule has 146 valence electrons. The zero-order valence-corrected chi connectivity index (χ0v) is 16.3. The molecule has 6 heteroatoms. The van der Waals surface area contributed by atoms with E-state index in [0.29, 0.717) is 19.4 Å². The Bertz CT molecular complexity index is 721. The number of hydrogen-bond acceptors (Lipinski definition) is 4.